The second kappa shape index (κ2) is 5.48. The zero-order valence-corrected chi connectivity index (χ0v) is 12.3. The third-order valence-corrected chi connectivity index (χ3v) is 5.06. The lowest BCUT2D eigenvalue weighted by Crippen LogP contribution is -2.49. The largest absolute Gasteiger partial charge is 0.480 e. The van der Waals surface area contributed by atoms with Crippen LogP contribution in [0.3, 0.4) is 0 Å². The molecular weight excluding hydrogens is 270 g/mol. The number of carboxylic acids is 1. The summed E-state index contributed by atoms with van der Waals surface area (Å²) in [5, 5.41) is 11.6. The molecule has 0 radical (unpaired) electrons. The van der Waals surface area contributed by atoms with Gasteiger partial charge in [0, 0.05) is 6.42 Å². The van der Waals surface area contributed by atoms with Crippen LogP contribution in [0.5, 0.6) is 0 Å². The average Bonchev–Trinajstić information content (AvgIpc) is 2.52. The summed E-state index contributed by atoms with van der Waals surface area (Å²) in [5.74, 6) is -1.54. The molecule has 110 valence electrons. The van der Waals surface area contributed by atoms with Crippen molar-refractivity contribution in [1.82, 2.24) is 5.32 Å². The fraction of sp³-hybridized carbons (Fsp3) is 0.833. The molecule has 0 aliphatic carbocycles. The van der Waals surface area contributed by atoms with Gasteiger partial charge in [-0.3, -0.25) is 4.79 Å². The number of carboxylic acid groups (broad SMARTS) is 1. The van der Waals surface area contributed by atoms with E-state index in [1.54, 1.807) is 20.8 Å². The van der Waals surface area contributed by atoms with Gasteiger partial charge in [-0.15, -0.1) is 0 Å². The van der Waals surface area contributed by atoms with Gasteiger partial charge in [-0.2, -0.15) is 0 Å². The SMILES string of the molecule is CC(C)(C)[C@H](NC(=O)CC1CCS(=O)(=O)C1)C(=O)O. The number of carbonyl (C=O) groups is 2. The van der Waals surface area contributed by atoms with Crippen LogP contribution in [0.4, 0.5) is 0 Å². The van der Waals surface area contributed by atoms with Crippen LogP contribution in [0.2, 0.25) is 0 Å². The van der Waals surface area contributed by atoms with Crippen molar-refractivity contribution < 1.29 is 23.1 Å². The predicted octanol–water partition coefficient (Wildman–Crippen LogP) is 0.427. The van der Waals surface area contributed by atoms with Crippen molar-refractivity contribution in [2.75, 3.05) is 11.5 Å². The maximum Gasteiger partial charge on any atom is 0.326 e. The Hall–Kier alpha value is -1.11. The van der Waals surface area contributed by atoms with E-state index < -0.39 is 33.2 Å². The quantitative estimate of drug-likeness (QED) is 0.782. The molecule has 0 aromatic rings. The fourth-order valence-electron chi connectivity index (χ4n) is 2.16. The molecule has 0 saturated carbocycles. The molecule has 1 aliphatic heterocycles. The van der Waals surface area contributed by atoms with E-state index in [2.05, 4.69) is 5.32 Å². The number of amides is 1. The highest BCUT2D eigenvalue weighted by Crippen LogP contribution is 2.23. The van der Waals surface area contributed by atoms with E-state index in [0.29, 0.717) is 6.42 Å². The molecule has 1 saturated heterocycles. The molecule has 1 rings (SSSR count). The van der Waals surface area contributed by atoms with Crippen molar-refractivity contribution in [3.8, 4) is 0 Å². The second-order valence-corrected chi connectivity index (χ2v) is 8.41. The van der Waals surface area contributed by atoms with E-state index in [-0.39, 0.29) is 23.8 Å². The van der Waals surface area contributed by atoms with Gasteiger partial charge in [-0.05, 0) is 17.8 Å². The Balaban J connectivity index is 2.58. The Labute approximate surface area is 113 Å². The molecule has 0 aromatic heterocycles. The summed E-state index contributed by atoms with van der Waals surface area (Å²) in [6.07, 6.45) is 0.544. The van der Waals surface area contributed by atoms with Gasteiger partial charge >= 0.3 is 5.97 Å². The van der Waals surface area contributed by atoms with Crippen molar-refractivity contribution in [1.29, 1.82) is 0 Å². The van der Waals surface area contributed by atoms with E-state index in [9.17, 15) is 18.0 Å². The molecule has 1 heterocycles. The lowest BCUT2D eigenvalue weighted by atomic mass is 9.86. The summed E-state index contributed by atoms with van der Waals surface area (Å²) < 4.78 is 22.6. The van der Waals surface area contributed by atoms with Crippen LogP contribution < -0.4 is 5.32 Å². The number of sulfone groups is 1. The third kappa shape index (κ3) is 4.81. The minimum Gasteiger partial charge on any atom is -0.480 e. The Bertz CT molecular complexity index is 463. The molecule has 7 heteroatoms. The summed E-state index contributed by atoms with van der Waals surface area (Å²) in [6.45, 7) is 5.18. The zero-order valence-electron chi connectivity index (χ0n) is 11.5. The minimum absolute atomic E-state index is 0.0215. The van der Waals surface area contributed by atoms with Crippen LogP contribution in [0.1, 0.15) is 33.6 Å². The highest BCUT2D eigenvalue weighted by Gasteiger charge is 2.34. The van der Waals surface area contributed by atoms with Crippen LogP contribution in [0, 0.1) is 11.3 Å². The lowest BCUT2D eigenvalue weighted by molar-refractivity contribution is -0.145. The van der Waals surface area contributed by atoms with Crippen LogP contribution in [0.15, 0.2) is 0 Å². The molecular formula is C12H21NO5S. The fourth-order valence-corrected chi connectivity index (χ4v) is 4.03. The first-order valence-corrected chi connectivity index (χ1v) is 8.06. The molecule has 2 N–H and O–H groups in total. The van der Waals surface area contributed by atoms with Gasteiger partial charge in [0.05, 0.1) is 11.5 Å². The number of aliphatic carboxylic acids is 1. The highest BCUT2D eigenvalue weighted by molar-refractivity contribution is 7.91. The second-order valence-electron chi connectivity index (χ2n) is 6.18. The molecule has 1 aliphatic rings. The van der Waals surface area contributed by atoms with E-state index in [1.807, 2.05) is 0 Å². The first kappa shape index (κ1) is 15.9. The Morgan fingerprint density at radius 3 is 2.32 bits per heavy atom. The number of nitrogens with one attached hydrogen (secondary N) is 1. The van der Waals surface area contributed by atoms with Crippen molar-refractivity contribution in [2.45, 2.75) is 39.7 Å². The van der Waals surface area contributed by atoms with E-state index in [4.69, 9.17) is 5.11 Å². The van der Waals surface area contributed by atoms with Crippen LogP contribution in [-0.4, -0.2) is 42.9 Å². The molecule has 1 unspecified atom stereocenters. The number of carbonyl (C=O) groups excluding carboxylic acids is 1. The van der Waals surface area contributed by atoms with Crippen LogP contribution in [-0.2, 0) is 19.4 Å². The number of hydrogen-bond donors (Lipinski definition) is 2. The van der Waals surface area contributed by atoms with Gasteiger partial charge in [-0.1, -0.05) is 20.8 Å². The predicted molar refractivity (Wildman–Crippen MR) is 70.4 cm³/mol. The first-order chi connectivity index (χ1) is 8.51. The van der Waals surface area contributed by atoms with Gasteiger partial charge in [-0.25, -0.2) is 13.2 Å². The summed E-state index contributed by atoms with van der Waals surface area (Å²) in [4.78, 5) is 22.9. The van der Waals surface area contributed by atoms with Crippen molar-refractivity contribution in [2.24, 2.45) is 11.3 Å². The topological polar surface area (TPSA) is 101 Å². The zero-order chi connectivity index (χ0) is 14.8. The molecule has 2 atom stereocenters. The van der Waals surface area contributed by atoms with E-state index in [0.717, 1.165) is 0 Å². The van der Waals surface area contributed by atoms with Gasteiger partial charge in [0.15, 0.2) is 9.84 Å². The normalized spacial score (nSPS) is 23.8. The van der Waals surface area contributed by atoms with Gasteiger partial charge in [0.2, 0.25) is 5.91 Å². The smallest absolute Gasteiger partial charge is 0.326 e. The van der Waals surface area contributed by atoms with Gasteiger partial charge < -0.3 is 10.4 Å². The molecule has 19 heavy (non-hydrogen) atoms. The summed E-state index contributed by atoms with van der Waals surface area (Å²) in [6, 6.07) is -0.974. The lowest BCUT2D eigenvalue weighted by Gasteiger charge is -2.28. The van der Waals surface area contributed by atoms with Gasteiger partial charge in [0.25, 0.3) is 0 Å². The van der Waals surface area contributed by atoms with Gasteiger partial charge in [0.1, 0.15) is 6.04 Å². The van der Waals surface area contributed by atoms with Crippen LogP contribution >= 0.6 is 0 Å². The van der Waals surface area contributed by atoms with Crippen LogP contribution in [0.25, 0.3) is 0 Å². The standard InChI is InChI=1S/C12H21NO5S/c1-12(2,3)10(11(15)16)13-9(14)6-8-4-5-19(17,18)7-8/h8,10H,4-7H2,1-3H3,(H,13,14)(H,15,16)/t8?,10-/m1/s1. The molecule has 6 nitrogen and oxygen atoms in total. The maximum absolute atomic E-state index is 11.8. The van der Waals surface area contributed by atoms with Crippen molar-refractivity contribution in [3.63, 3.8) is 0 Å². The summed E-state index contributed by atoms with van der Waals surface area (Å²) in [5.41, 5.74) is -0.594. The monoisotopic (exact) mass is 291 g/mol. The van der Waals surface area contributed by atoms with Crippen molar-refractivity contribution >= 4 is 21.7 Å². The van der Waals surface area contributed by atoms with Crippen molar-refractivity contribution in [3.05, 3.63) is 0 Å². The molecule has 0 aromatic carbocycles. The third-order valence-electron chi connectivity index (χ3n) is 3.22. The summed E-state index contributed by atoms with van der Waals surface area (Å²) in [7, 11) is -3.01. The first-order valence-electron chi connectivity index (χ1n) is 6.24. The Morgan fingerprint density at radius 2 is 1.95 bits per heavy atom. The number of rotatable bonds is 4. The molecule has 1 fully saturated rings. The summed E-state index contributed by atoms with van der Waals surface area (Å²) >= 11 is 0. The van der Waals surface area contributed by atoms with E-state index >= 15 is 0 Å². The Kier molecular flexibility index (Phi) is 4.60. The van der Waals surface area contributed by atoms with E-state index in [1.165, 1.54) is 0 Å². The molecule has 1 amide bonds. The average molecular weight is 291 g/mol. The maximum atomic E-state index is 11.8. The molecule has 0 bridgehead atoms. The molecule has 0 spiro atoms. The minimum atomic E-state index is -3.01. The highest BCUT2D eigenvalue weighted by atomic mass is 32.2. The Morgan fingerprint density at radius 1 is 1.37 bits per heavy atom. The number of hydrogen-bond acceptors (Lipinski definition) is 4.